The number of hydrogen-bond acceptors (Lipinski definition) is 5. The Morgan fingerprint density at radius 2 is 1.36 bits per heavy atom. The maximum atomic E-state index is 12.8. The summed E-state index contributed by atoms with van der Waals surface area (Å²) in [6.07, 6.45) is 0.0285. The summed E-state index contributed by atoms with van der Waals surface area (Å²) in [7, 11) is -2.61. The number of carbonyl (C=O) groups is 2. The first-order chi connectivity index (χ1) is 13.4. The third kappa shape index (κ3) is 5.11. The highest BCUT2D eigenvalue weighted by molar-refractivity contribution is 7.64. The zero-order chi connectivity index (χ0) is 20.7. The standard InChI is InChI=1S/C22H27O5P/c1-5-26-18-11-8-12-19(27-6-2)21(18)17(23)13-14-28(25)22(24)20-15(3)9-7-10-16(20)4/h7-12,28H,5-6,13-14H2,1-4H3. The molecule has 0 aliphatic heterocycles. The van der Waals surface area contributed by atoms with Crippen LogP contribution in [0.3, 0.4) is 0 Å². The highest BCUT2D eigenvalue weighted by Crippen LogP contribution is 2.34. The first kappa shape index (κ1) is 21.9. The average molecular weight is 402 g/mol. The van der Waals surface area contributed by atoms with Crippen LogP contribution < -0.4 is 9.47 Å². The maximum Gasteiger partial charge on any atom is 0.219 e. The topological polar surface area (TPSA) is 69.7 Å². The Morgan fingerprint density at radius 3 is 1.86 bits per heavy atom. The Kier molecular flexibility index (Phi) is 8.01. The van der Waals surface area contributed by atoms with E-state index >= 15 is 0 Å². The van der Waals surface area contributed by atoms with E-state index in [0.717, 1.165) is 11.1 Å². The lowest BCUT2D eigenvalue weighted by Crippen LogP contribution is -2.09. The van der Waals surface area contributed by atoms with Crippen LogP contribution in [0.4, 0.5) is 0 Å². The number of rotatable bonds is 10. The second kappa shape index (κ2) is 10.2. The van der Waals surface area contributed by atoms with Crippen molar-refractivity contribution in [3.8, 4) is 11.5 Å². The van der Waals surface area contributed by atoms with Gasteiger partial charge in [-0.2, -0.15) is 0 Å². The van der Waals surface area contributed by atoms with E-state index in [1.807, 2.05) is 45.9 Å². The van der Waals surface area contributed by atoms with Gasteiger partial charge in [0, 0.05) is 18.1 Å². The Hall–Kier alpha value is -2.39. The van der Waals surface area contributed by atoms with Crippen LogP contribution in [-0.2, 0) is 4.57 Å². The molecule has 0 N–H and O–H groups in total. The van der Waals surface area contributed by atoms with E-state index in [1.165, 1.54) is 0 Å². The molecule has 0 aliphatic rings. The molecule has 0 saturated heterocycles. The molecule has 0 bridgehead atoms. The summed E-state index contributed by atoms with van der Waals surface area (Å²) in [6.45, 7) is 8.16. The van der Waals surface area contributed by atoms with E-state index in [9.17, 15) is 14.2 Å². The fourth-order valence-electron chi connectivity index (χ4n) is 3.12. The zero-order valence-corrected chi connectivity index (χ0v) is 17.8. The van der Waals surface area contributed by atoms with Gasteiger partial charge in [-0.15, -0.1) is 0 Å². The lowest BCUT2D eigenvalue weighted by atomic mass is 10.0. The van der Waals surface area contributed by atoms with Crippen molar-refractivity contribution in [1.29, 1.82) is 0 Å². The van der Waals surface area contributed by atoms with E-state index in [2.05, 4.69) is 0 Å². The smallest absolute Gasteiger partial charge is 0.219 e. The predicted octanol–water partition coefficient (Wildman–Crippen LogP) is 5.07. The molecule has 0 amide bonds. The first-order valence-electron chi connectivity index (χ1n) is 9.46. The van der Waals surface area contributed by atoms with Crippen LogP contribution in [0.5, 0.6) is 11.5 Å². The van der Waals surface area contributed by atoms with E-state index in [0.29, 0.717) is 35.8 Å². The fraction of sp³-hybridized carbons (Fsp3) is 0.364. The van der Waals surface area contributed by atoms with Crippen molar-refractivity contribution < 1.29 is 23.6 Å². The Bertz CT molecular complexity index is 844. The van der Waals surface area contributed by atoms with Crippen molar-refractivity contribution in [3.63, 3.8) is 0 Å². The first-order valence-corrected chi connectivity index (χ1v) is 11.1. The number of carbonyl (C=O) groups excluding carboxylic acids is 2. The van der Waals surface area contributed by atoms with Crippen molar-refractivity contribution >= 4 is 19.1 Å². The highest BCUT2D eigenvalue weighted by atomic mass is 31.1. The average Bonchev–Trinajstić information content (AvgIpc) is 2.66. The SMILES string of the molecule is CCOc1cccc(OCC)c1C(=O)CC[PH](=O)C(=O)c1c(C)cccc1C. The van der Waals surface area contributed by atoms with Gasteiger partial charge in [0.05, 0.1) is 13.2 Å². The Morgan fingerprint density at radius 1 is 0.857 bits per heavy atom. The van der Waals surface area contributed by atoms with Gasteiger partial charge < -0.3 is 14.0 Å². The normalized spacial score (nSPS) is 11.7. The summed E-state index contributed by atoms with van der Waals surface area (Å²) in [5, 5.41) is 0. The third-order valence-corrected chi connectivity index (χ3v) is 5.87. The van der Waals surface area contributed by atoms with Crippen LogP contribution in [-0.4, -0.2) is 30.7 Å². The molecule has 28 heavy (non-hydrogen) atoms. The van der Waals surface area contributed by atoms with Crippen LogP contribution in [0, 0.1) is 13.8 Å². The van der Waals surface area contributed by atoms with Crippen LogP contribution >= 0.6 is 7.80 Å². The summed E-state index contributed by atoms with van der Waals surface area (Å²) in [5.41, 5.74) is 2.09. The van der Waals surface area contributed by atoms with Crippen LogP contribution in [0.1, 0.15) is 52.1 Å². The molecular weight excluding hydrogens is 375 g/mol. The summed E-state index contributed by atoms with van der Waals surface area (Å²) in [6, 6.07) is 10.7. The number of aryl methyl sites for hydroxylation is 2. The zero-order valence-electron chi connectivity index (χ0n) is 16.8. The fourth-order valence-corrected chi connectivity index (χ4v) is 4.47. The van der Waals surface area contributed by atoms with E-state index in [4.69, 9.17) is 9.47 Å². The molecule has 0 spiro atoms. The molecule has 2 rings (SSSR count). The molecule has 6 heteroatoms. The van der Waals surface area contributed by atoms with Gasteiger partial charge in [-0.25, -0.2) is 0 Å². The summed E-state index contributed by atoms with van der Waals surface area (Å²) in [4.78, 5) is 25.5. The van der Waals surface area contributed by atoms with E-state index < -0.39 is 7.80 Å². The molecule has 0 saturated carbocycles. The van der Waals surface area contributed by atoms with Gasteiger partial charge in [0.2, 0.25) is 5.52 Å². The molecule has 150 valence electrons. The number of benzene rings is 2. The van der Waals surface area contributed by atoms with E-state index in [-0.39, 0.29) is 23.9 Å². The number of Topliss-reactive ketones (excluding diaryl/α,β-unsaturated/α-hetero) is 1. The summed E-state index contributed by atoms with van der Waals surface area (Å²) < 4.78 is 23.8. The number of ether oxygens (including phenoxy) is 2. The van der Waals surface area contributed by atoms with Gasteiger partial charge in [0.1, 0.15) is 24.9 Å². The predicted molar refractivity (Wildman–Crippen MR) is 112 cm³/mol. The lowest BCUT2D eigenvalue weighted by Gasteiger charge is -2.14. The third-order valence-electron chi connectivity index (χ3n) is 4.41. The Balaban J connectivity index is 2.18. The molecule has 5 nitrogen and oxygen atoms in total. The number of hydrogen-bond donors (Lipinski definition) is 0. The van der Waals surface area contributed by atoms with E-state index in [1.54, 1.807) is 18.2 Å². The molecule has 0 aromatic heterocycles. The second-order valence-electron chi connectivity index (χ2n) is 6.44. The summed E-state index contributed by atoms with van der Waals surface area (Å²) >= 11 is 0. The number of ketones is 1. The molecule has 0 aliphatic carbocycles. The van der Waals surface area contributed by atoms with Gasteiger partial charge in [-0.3, -0.25) is 9.59 Å². The molecule has 2 aromatic rings. The monoisotopic (exact) mass is 402 g/mol. The Labute approximate surface area is 166 Å². The van der Waals surface area contributed by atoms with Crippen molar-refractivity contribution in [2.24, 2.45) is 0 Å². The second-order valence-corrected chi connectivity index (χ2v) is 8.24. The van der Waals surface area contributed by atoms with Crippen molar-refractivity contribution in [2.75, 3.05) is 19.4 Å². The van der Waals surface area contributed by atoms with Gasteiger partial charge in [0.25, 0.3) is 0 Å². The molecular formula is C22H27O5P. The minimum absolute atomic E-state index is 0.00136. The van der Waals surface area contributed by atoms with Gasteiger partial charge in [0.15, 0.2) is 5.78 Å². The highest BCUT2D eigenvalue weighted by Gasteiger charge is 2.23. The maximum absolute atomic E-state index is 12.8. The van der Waals surface area contributed by atoms with Crippen molar-refractivity contribution in [2.45, 2.75) is 34.1 Å². The minimum atomic E-state index is -2.61. The molecule has 1 unspecified atom stereocenters. The lowest BCUT2D eigenvalue weighted by molar-refractivity contribution is 0.0981. The molecule has 2 aromatic carbocycles. The molecule has 0 fully saturated rings. The van der Waals surface area contributed by atoms with Gasteiger partial charge >= 0.3 is 0 Å². The van der Waals surface area contributed by atoms with Crippen molar-refractivity contribution in [1.82, 2.24) is 0 Å². The van der Waals surface area contributed by atoms with Gasteiger partial charge in [-0.05, 0) is 51.0 Å². The van der Waals surface area contributed by atoms with Crippen LogP contribution in [0.2, 0.25) is 0 Å². The van der Waals surface area contributed by atoms with Gasteiger partial charge in [-0.1, -0.05) is 24.3 Å². The van der Waals surface area contributed by atoms with Crippen LogP contribution in [0.15, 0.2) is 36.4 Å². The quantitative estimate of drug-likeness (QED) is 0.410. The van der Waals surface area contributed by atoms with Crippen molar-refractivity contribution in [3.05, 3.63) is 58.7 Å². The van der Waals surface area contributed by atoms with Crippen LogP contribution in [0.25, 0.3) is 0 Å². The minimum Gasteiger partial charge on any atom is -0.493 e. The molecule has 1 atom stereocenters. The molecule has 0 heterocycles. The largest absolute Gasteiger partial charge is 0.493 e. The molecule has 0 radical (unpaired) electrons. The summed E-state index contributed by atoms with van der Waals surface area (Å²) in [5.74, 6) is 0.651.